The molecule has 0 aliphatic carbocycles. The summed E-state index contributed by atoms with van der Waals surface area (Å²) in [5.41, 5.74) is 7.34. The molecule has 86 valence electrons. The molecule has 0 saturated heterocycles. The lowest BCUT2D eigenvalue weighted by atomic mass is 10.2. The molecule has 0 atom stereocenters. The van der Waals surface area contributed by atoms with E-state index in [0.717, 1.165) is 5.56 Å². The van der Waals surface area contributed by atoms with Crippen LogP contribution in [0, 0.1) is 11.3 Å². The Kier molecular flexibility index (Phi) is 2.17. The Bertz CT molecular complexity index is 753. The summed E-state index contributed by atoms with van der Waals surface area (Å²) in [7, 11) is 0. The number of fused-ring (bicyclic) bond motifs is 1. The van der Waals surface area contributed by atoms with Crippen LogP contribution in [0.25, 0.3) is 17.0 Å². The van der Waals surface area contributed by atoms with E-state index >= 15 is 0 Å². The molecule has 0 unspecified atom stereocenters. The third kappa shape index (κ3) is 1.46. The van der Waals surface area contributed by atoms with Crippen molar-refractivity contribution in [2.24, 2.45) is 0 Å². The van der Waals surface area contributed by atoms with Crippen molar-refractivity contribution in [3.63, 3.8) is 0 Å². The zero-order valence-electron chi connectivity index (χ0n) is 9.28. The number of nitrogen functional groups attached to an aromatic ring is 1. The fraction of sp³-hybridized carbons (Fsp3) is 0. The van der Waals surface area contributed by atoms with Crippen LogP contribution in [0.4, 0.5) is 5.95 Å². The van der Waals surface area contributed by atoms with Gasteiger partial charge in [-0.1, -0.05) is 30.3 Å². The summed E-state index contributed by atoms with van der Waals surface area (Å²) < 4.78 is 1.38. The Hall–Kier alpha value is -2.94. The minimum Gasteiger partial charge on any atom is -0.368 e. The maximum Gasteiger partial charge on any atom is 0.223 e. The van der Waals surface area contributed by atoms with Gasteiger partial charge in [0.15, 0.2) is 11.5 Å². The van der Waals surface area contributed by atoms with E-state index in [1.165, 1.54) is 10.7 Å². The molecule has 6 nitrogen and oxygen atoms in total. The molecule has 0 aliphatic heterocycles. The molecule has 6 heteroatoms. The van der Waals surface area contributed by atoms with Gasteiger partial charge in [-0.2, -0.15) is 9.78 Å². The number of nitrogens with zero attached hydrogens (tertiary/aromatic N) is 5. The van der Waals surface area contributed by atoms with Gasteiger partial charge in [-0.3, -0.25) is 0 Å². The van der Waals surface area contributed by atoms with Gasteiger partial charge in [-0.05, 0) is 0 Å². The second-order valence-electron chi connectivity index (χ2n) is 3.68. The summed E-state index contributed by atoms with van der Waals surface area (Å²) in [4.78, 5) is 8.22. The smallest absolute Gasteiger partial charge is 0.223 e. The standard InChI is InChI=1S/C12H8N6/c13-6-9-7-15-12(14)18-11(9)16-10(17-18)8-4-2-1-3-5-8/h1-5,7H,(H2,14,15). The van der Waals surface area contributed by atoms with E-state index in [0.29, 0.717) is 17.0 Å². The van der Waals surface area contributed by atoms with Crippen LogP contribution in [0.3, 0.4) is 0 Å². The zero-order valence-corrected chi connectivity index (χ0v) is 9.28. The van der Waals surface area contributed by atoms with Crippen LogP contribution in [0.2, 0.25) is 0 Å². The number of anilines is 1. The molecular weight excluding hydrogens is 228 g/mol. The predicted octanol–water partition coefficient (Wildman–Crippen LogP) is 1.25. The molecule has 0 bridgehead atoms. The van der Waals surface area contributed by atoms with Crippen LogP contribution in [-0.4, -0.2) is 19.6 Å². The van der Waals surface area contributed by atoms with Crippen LogP contribution < -0.4 is 5.73 Å². The van der Waals surface area contributed by atoms with Gasteiger partial charge in [0.2, 0.25) is 5.95 Å². The Labute approximate surface area is 102 Å². The first-order valence-electron chi connectivity index (χ1n) is 5.26. The molecule has 2 aromatic heterocycles. The minimum absolute atomic E-state index is 0.207. The maximum atomic E-state index is 8.99. The van der Waals surface area contributed by atoms with Gasteiger partial charge in [0.1, 0.15) is 11.6 Å². The lowest BCUT2D eigenvalue weighted by molar-refractivity contribution is 0.940. The van der Waals surface area contributed by atoms with Crippen molar-refractivity contribution in [1.29, 1.82) is 5.26 Å². The van der Waals surface area contributed by atoms with E-state index in [1.54, 1.807) is 0 Å². The lowest BCUT2D eigenvalue weighted by Crippen LogP contribution is -2.02. The molecule has 0 saturated carbocycles. The number of nitrogens with two attached hydrogens (primary N) is 1. The minimum atomic E-state index is 0.207. The lowest BCUT2D eigenvalue weighted by Gasteiger charge is -1.95. The predicted molar refractivity (Wildman–Crippen MR) is 65.3 cm³/mol. The van der Waals surface area contributed by atoms with Gasteiger partial charge in [0.25, 0.3) is 0 Å². The molecule has 0 spiro atoms. The van der Waals surface area contributed by atoms with Gasteiger partial charge in [-0.15, -0.1) is 5.10 Å². The van der Waals surface area contributed by atoms with E-state index < -0.39 is 0 Å². The highest BCUT2D eigenvalue weighted by atomic mass is 15.3. The van der Waals surface area contributed by atoms with Crippen molar-refractivity contribution in [1.82, 2.24) is 19.6 Å². The zero-order chi connectivity index (χ0) is 12.5. The second kappa shape index (κ2) is 3.82. The quantitative estimate of drug-likeness (QED) is 0.686. The number of hydrogen-bond acceptors (Lipinski definition) is 5. The highest BCUT2D eigenvalue weighted by molar-refractivity contribution is 5.63. The number of aromatic nitrogens is 4. The molecule has 0 aliphatic rings. The molecule has 2 heterocycles. The summed E-state index contributed by atoms with van der Waals surface area (Å²) in [6, 6.07) is 11.5. The average Bonchev–Trinajstić information content (AvgIpc) is 2.86. The first kappa shape index (κ1) is 10.2. The molecule has 0 radical (unpaired) electrons. The van der Waals surface area contributed by atoms with E-state index in [2.05, 4.69) is 15.1 Å². The van der Waals surface area contributed by atoms with Gasteiger partial charge in [0.05, 0.1) is 6.20 Å². The number of benzene rings is 1. The third-order valence-corrected chi connectivity index (χ3v) is 2.54. The highest BCUT2D eigenvalue weighted by Crippen LogP contribution is 2.18. The van der Waals surface area contributed by atoms with Crippen molar-refractivity contribution < 1.29 is 0 Å². The number of nitriles is 1. The average molecular weight is 236 g/mol. The van der Waals surface area contributed by atoms with Gasteiger partial charge >= 0.3 is 0 Å². The molecule has 3 rings (SSSR count). The molecule has 3 aromatic rings. The summed E-state index contributed by atoms with van der Waals surface area (Å²) in [6.45, 7) is 0. The Morgan fingerprint density at radius 2 is 2.00 bits per heavy atom. The highest BCUT2D eigenvalue weighted by Gasteiger charge is 2.12. The monoisotopic (exact) mass is 236 g/mol. The SMILES string of the molecule is N#Cc1cnc(N)n2nc(-c3ccccc3)nc12. The third-order valence-electron chi connectivity index (χ3n) is 2.54. The van der Waals surface area contributed by atoms with Gasteiger partial charge in [-0.25, -0.2) is 9.97 Å². The first-order valence-corrected chi connectivity index (χ1v) is 5.26. The van der Waals surface area contributed by atoms with Crippen molar-refractivity contribution in [3.8, 4) is 17.5 Å². The van der Waals surface area contributed by atoms with Gasteiger partial charge < -0.3 is 5.73 Å². The van der Waals surface area contributed by atoms with Crippen LogP contribution in [0.5, 0.6) is 0 Å². The fourth-order valence-corrected chi connectivity index (χ4v) is 1.68. The molecule has 0 fully saturated rings. The van der Waals surface area contributed by atoms with Crippen molar-refractivity contribution in [3.05, 3.63) is 42.1 Å². The molecule has 0 amide bonds. The Balaban J connectivity index is 2.30. The van der Waals surface area contributed by atoms with Crippen LogP contribution >= 0.6 is 0 Å². The van der Waals surface area contributed by atoms with Gasteiger partial charge in [0, 0.05) is 5.56 Å². The summed E-state index contributed by atoms with van der Waals surface area (Å²) in [5, 5.41) is 13.3. The Morgan fingerprint density at radius 1 is 1.22 bits per heavy atom. The summed E-state index contributed by atoms with van der Waals surface area (Å²) in [5.74, 6) is 0.727. The van der Waals surface area contributed by atoms with E-state index in [4.69, 9.17) is 11.0 Å². The molecule has 18 heavy (non-hydrogen) atoms. The summed E-state index contributed by atoms with van der Waals surface area (Å²) in [6.07, 6.45) is 1.40. The van der Waals surface area contributed by atoms with Crippen LogP contribution in [0.1, 0.15) is 5.56 Å². The van der Waals surface area contributed by atoms with E-state index in [-0.39, 0.29) is 5.95 Å². The largest absolute Gasteiger partial charge is 0.368 e. The van der Waals surface area contributed by atoms with E-state index in [1.807, 2.05) is 36.4 Å². The fourth-order valence-electron chi connectivity index (χ4n) is 1.68. The second-order valence-corrected chi connectivity index (χ2v) is 3.68. The number of hydrogen-bond donors (Lipinski definition) is 1. The Morgan fingerprint density at radius 3 is 2.72 bits per heavy atom. The molecule has 1 aromatic carbocycles. The normalized spacial score (nSPS) is 10.4. The van der Waals surface area contributed by atoms with Crippen molar-refractivity contribution in [2.45, 2.75) is 0 Å². The first-order chi connectivity index (χ1) is 8.79. The number of rotatable bonds is 1. The van der Waals surface area contributed by atoms with Crippen LogP contribution in [0.15, 0.2) is 36.5 Å². The van der Waals surface area contributed by atoms with Crippen molar-refractivity contribution in [2.75, 3.05) is 5.73 Å². The van der Waals surface area contributed by atoms with Crippen LogP contribution in [-0.2, 0) is 0 Å². The summed E-state index contributed by atoms with van der Waals surface area (Å²) >= 11 is 0. The molecular formula is C12H8N6. The maximum absolute atomic E-state index is 8.99. The van der Waals surface area contributed by atoms with Crippen molar-refractivity contribution >= 4 is 11.6 Å². The van der Waals surface area contributed by atoms with E-state index in [9.17, 15) is 0 Å². The molecule has 2 N–H and O–H groups in total. The topological polar surface area (TPSA) is 92.9 Å².